The molecule has 1 unspecified atom stereocenters. The second-order valence-electron chi connectivity index (χ2n) is 9.16. The second-order valence-corrected chi connectivity index (χ2v) is 9.16. The Morgan fingerprint density at radius 2 is 1.69 bits per heavy atom. The molecule has 0 aliphatic carbocycles. The third-order valence-electron chi connectivity index (χ3n) is 6.98. The van der Waals surface area contributed by atoms with E-state index in [-0.39, 0.29) is 19.2 Å². The van der Waals surface area contributed by atoms with E-state index in [1.54, 1.807) is 0 Å². The lowest BCUT2D eigenvalue weighted by molar-refractivity contribution is -0.134. The predicted octanol–water partition coefficient (Wildman–Crippen LogP) is 3.16. The molecule has 29 heavy (non-hydrogen) atoms. The fraction of sp³-hybridized carbons (Fsp3) is 0.913. The van der Waals surface area contributed by atoms with E-state index in [2.05, 4.69) is 37.9 Å². The summed E-state index contributed by atoms with van der Waals surface area (Å²) < 4.78 is 5.59. The number of carbonyl (C=O) groups excluding carboxylic acids is 2. The van der Waals surface area contributed by atoms with Gasteiger partial charge in [0, 0.05) is 33.0 Å². The van der Waals surface area contributed by atoms with E-state index >= 15 is 0 Å². The predicted molar refractivity (Wildman–Crippen MR) is 119 cm³/mol. The first-order valence-electron chi connectivity index (χ1n) is 11.8. The van der Waals surface area contributed by atoms with Crippen LogP contribution in [-0.2, 0) is 14.3 Å². The molecule has 2 heterocycles. The SMILES string of the molecule is CCC(C)C1CCN(C(=O)CCOCCNC(=O)C2CCN(C(C)C)CC2)CC1.[HH]. The summed E-state index contributed by atoms with van der Waals surface area (Å²) >= 11 is 0. The van der Waals surface area contributed by atoms with Gasteiger partial charge in [-0.15, -0.1) is 0 Å². The normalized spacial score (nSPS) is 20.8. The van der Waals surface area contributed by atoms with Crippen LogP contribution >= 0.6 is 0 Å². The van der Waals surface area contributed by atoms with E-state index in [0.29, 0.717) is 32.2 Å². The lowest BCUT2D eigenvalue weighted by Gasteiger charge is -2.34. The van der Waals surface area contributed by atoms with Gasteiger partial charge in [0.2, 0.25) is 11.8 Å². The molecule has 2 fully saturated rings. The highest BCUT2D eigenvalue weighted by atomic mass is 16.5. The van der Waals surface area contributed by atoms with Crippen LogP contribution < -0.4 is 5.32 Å². The van der Waals surface area contributed by atoms with Gasteiger partial charge in [-0.05, 0) is 64.5 Å². The first kappa shape index (κ1) is 24.1. The minimum atomic E-state index is 0. The molecular formula is C23H45N3O3. The van der Waals surface area contributed by atoms with E-state index in [1.165, 1.54) is 6.42 Å². The molecule has 2 saturated heterocycles. The minimum Gasteiger partial charge on any atom is -0.379 e. The number of carbonyl (C=O) groups is 2. The average Bonchev–Trinajstić information content (AvgIpc) is 2.75. The van der Waals surface area contributed by atoms with E-state index in [0.717, 1.165) is 63.7 Å². The first-order valence-corrected chi connectivity index (χ1v) is 11.8. The van der Waals surface area contributed by atoms with E-state index < -0.39 is 0 Å². The van der Waals surface area contributed by atoms with Crippen LogP contribution in [0.1, 0.15) is 67.6 Å². The van der Waals surface area contributed by atoms with Crippen molar-refractivity contribution in [1.82, 2.24) is 15.1 Å². The maximum absolute atomic E-state index is 12.3. The molecule has 0 radical (unpaired) electrons. The quantitative estimate of drug-likeness (QED) is 0.561. The van der Waals surface area contributed by atoms with Gasteiger partial charge in [0.15, 0.2) is 0 Å². The molecule has 170 valence electrons. The molecule has 0 saturated carbocycles. The molecular weight excluding hydrogens is 366 g/mol. The Hall–Kier alpha value is -1.14. The number of likely N-dealkylation sites (tertiary alicyclic amines) is 2. The molecule has 0 spiro atoms. The average molecular weight is 412 g/mol. The summed E-state index contributed by atoms with van der Waals surface area (Å²) in [6.45, 7) is 14.2. The third-order valence-corrected chi connectivity index (χ3v) is 6.98. The number of nitrogens with zero attached hydrogens (tertiary/aromatic N) is 2. The molecule has 2 rings (SSSR count). The lowest BCUT2D eigenvalue weighted by Crippen LogP contribution is -2.43. The van der Waals surface area contributed by atoms with Gasteiger partial charge in [-0.1, -0.05) is 20.3 Å². The van der Waals surface area contributed by atoms with Crippen LogP contribution in [0.2, 0.25) is 0 Å². The van der Waals surface area contributed by atoms with Crippen LogP contribution in [0.4, 0.5) is 0 Å². The molecule has 1 N–H and O–H groups in total. The van der Waals surface area contributed by atoms with Gasteiger partial charge in [0.1, 0.15) is 0 Å². The Morgan fingerprint density at radius 3 is 2.28 bits per heavy atom. The van der Waals surface area contributed by atoms with Gasteiger partial charge >= 0.3 is 0 Å². The van der Waals surface area contributed by atoms with Gasteiger partial charge in [-0.3, -0.25) is 9.59 Å². The number of amides is 2. The number of piperidine rings is 2. The summed E-state index contributed by atoms with van der Waals surface area (Å²) in [7, 11) is 0. The largest absolute Gasteiger partial charge is 0.379 e. The molecule has 1 atom stereocenters. The van der Waals surface area contributed by atoms with Crippen LogP contribution in [0.3, 0.4) is 0 Å². The molecule has 0 aromatic heterocycles. The minimum absolute atomic E-state index is 0. The van der Waals surface area contributed by atoms with Crippen molar-refractivity contribution in [2.75, 3.05) is 45.9 Å². The smallest absolute Gasteiger partial charge is 0.224 e. The summed E-state index contributed by atoms with van der Waals surface area (Å²) in [6.07, 6.45) is 5.80. The van der Waals surface area contributed by atoms with Crippen LogP contribution in [0.25, 0.3) is 0 Å². The van der Waals surface area contributed by atoms with Crippen molar-refractivity contribution in [2.45, 2.75) is 72.3 Å². The zero-order chi connectivity index (χ0) is 21.2. The van der Waals surface area contributed by atoms with Gasteiger partial charge in [-0.25, -0.2) is 0 Å². The van der Waals surface area contributed by atoms with Crippen LogP contribution in [0.5, 0.6) is 0 Å². The monoisotopic (exact) mass is 411 g/mol. The summed E-state index contributed by atoms with van der Waals surface area (Å²) in [5.74, 6) is 2.01. The van der Waals surface area contributed by atoms with E-state index in [9.17, 15) is 9.59 Å². The number of rotatable bonds is 10. The van der Waals surface area contributed by atoms with Gasteiger partial charge in [0.05, 0.1) is 19.6 Å². The van der Waals surface area contributed by atoms with E-state index in [1.807, 2.05) is 4.90 Å². The highest BCUT2D eigenvalue weighted by Gasteiger charge is 2.26. The standard InChI is InChI=1S/C23H43N3O3.H2/c1-5-19(4)20-6-14-26(15-7-20)22(27)10-16-29-17-11-24-23(28)21-8-12-25(13-9-21)18(2)3;/h18-21H,5-17H2,1-4H3,(H,24,28);1H. The third kappa shape index (κ3) is 7.89. The molecule has 0 aromatic rings. The molecule has 6 heteroatoms. The summed E-state index contributed by atoms with van der Waals surface area (Å²) in [5.41, 5.74) is 0. The van der Waals surface area contributed by atoms with E-state index in [4.69, 9.17) is 4.74 Å². The number of hydrogen-bond acceptors (Lipinski definition) is 4. The van der Waals surface area contributed by atoms with Crippen molar-refractivity contribution in [1.29, 1.82) is 0 Å². The molecule has 2 aliphatic rings. The van der Waals surface area contributed by atoms with Gasteiger partial charge in [0.25, 0.3) is 0 Å². The van der Waals surface area contributed by atoms with Gasteiger partial charge < -0.3 is 19.9 Å². The Morgan fingerprint density at radius 1 is 1.03 bits per heavy atom. The number of nitrogens with one attached hydrogen (secondary N) is 1. The van der Waals surface area contributed by atoms with Crippen LogP contribution in [0.15, 0.2) is 0 Å². The first-order chi connectivity index (χ1) is 13.9. The molecule has 0 aromatic carbocycles. The van der Waals surface area contributed by atoms with Crippen molar-refractivity contribution in [2.24, 2.45) is 17.8 Å². The fourth-order valence-electron chi connectivity index (χ4n) is 4.54. The Balaban J connectivity index is 0.00000450. The zero-order valence-electron chi connectivity index (χ0n) is 19.1. The lowest BCUT2D eigenvalue weighted by atomic mass is 9.84. The summed E-state index contributed by atoms with van der Waals surface area (Å²) in [6, 6.07) is 0.557. The Bertz CT molecular complexity index is 502. The van der Waals surface area contributed by atoms with Crippen molar-refractivity contribution < 1.29 is 15.8 Å². The zero-order valence-corrected chi connectivity index (χ0v) is 19.1. The highest BCUT2D eigenvalue weighted by molar-refractivity contribution is 5.78. The fourth-order valence-corrected chi connectivity index (χ4v) is 4.54. The van der Waals surface area contributed by atoms with Crippen molar-refractivity contribution in [3.05, 3.63) is 0 Å². The summed E-state index contributed by atoms with van der Waals surface area (Å²) in [5, 5.41) is 2.99. The second kappa shape index (κ2) is 12.5. The van der Waals surface area contributed by atoms with Crippen molar-refractivity contribution in [3.8, 4) is 0 Å². The molecule has 6 nitrogen and oxygen atoms in total. The van der Waals surface area contributed by atoms with Crippen LogP contribution in [-0.4, -0.2) is 73.6 Å². The molecule has 2 aliphatic heterocycles. The highest BCUT2D eigenvalue weighted by Crippen LogP contribution is 2.27. The topological polar surface area (TPSA) is 61.9 Å². The van der Waals surface area contributed by atoms with Crippen LogP contribution in [0, 0.1) is 17.8 Å². The van der Waals surface area contributed by atoms with Crippen molar-refractivity contribution in [3.63, 3.8) is 0 Å². The number of ether oxygens (including phenoxy) is 1. The maximum Gasteiger partial charge on any atom is 0.224 e. The van der Waals surface area contributed by atoms with Gasteiger partial charge in [-0.2, -0.15) is 0 Å². The molecule has 0 bridgehead atoms. The Kier molecular flexibility index (Phi) is 10.4. The van der Waals surface area contributed by atoms with Crippen molar-refractivity contribution >= 4 is 11.8 Å². The summed E-state index contributed by atoms with van der Waals surface area (Å²) in [4.78, 5) is 29.0. The maximum atomic E-state index is 12.3. The number of hydrogen-bond donors (Lipinski definition) is 1. The Labute approximate surface area is 179 Å². The molecule has 2 amide bonds.